The number of carbonyl (C=O) groups is 2. The molecule has 0 aromatic rings. The zero-order valence-electron chi connectivity index (χ0n) is 33.2. The van der Waals surface area contributed by atoms with Gasteiger partial charge in [-0.2, -0.15) is 0 Å². The summed E-state index contributed by atoms with van der Waals surface area (Å²) in [5, 5.41) is 71.6. The number of aliphatic hydroxyl groups is 7. The minimum absolute atomic E-state index is 0.157. The van der Waals surface area contributed by atoms with Crippen LogP contribution in [0.15, 0.2) is 12.2 Å². The predicted octanol–water partition coefficient (Wildman–Crippen LogP) is 3.09. The second-order valence-electron chi connectivity index (χ2n) is 14.8. The fourth-order valence-corrected chi connectivity index (χ4v) is 6.43. The minimum atomic E-state index is -1.76. The molecule has 7 N–H and O–H groups in total. The lowest BCUT2D eigenvalue weighted by atomic mass is 9.98. The van der Waals surface area contributed by atoms with E-state index in [9.17, 15) is 45.3 Å². The highest BCUT2D eigenvalue weighted by atomic mass is 16.7. The van der Waals surface area contributed by atoms with Crippen LogP contribution in [0.2, 0.25) is 0 Å². The van der Waals surface area contributed by atoms with E-state index in [1.54, 1.807) is 0 Å². The molecule has 2 saturated heterocycles. The zero-order valence-corrected chi connectivity index (χ0v) is 33.2. The Morgan fingerprint density at radius 3 is 1.65 bits per heavy atom. The molecular weight excluding hydrogens is 720 g/mol. The smallest absolute Gasteiger partial charge is 0.306 e. The summed E-state index contributed by atoms with van der Waals surface area (Å²) in [6, 6.07) is 0. The lowest BCUT2D eigenvalue weighted by Crippen LogP contribution is -2.61. The van der Waals surface area contributed by atoms with Gasteiger partial charge in [0.25, 0.3) is 0 Å². The molecule has 2 aliphatic rings. The maximum atomic E-state index is 12.8. The van der Waals surface area contributed by atoms with E-state index in [2.05, 4.69) is 26.0 Å². The molecule has 55 heavy (non-hydrogen) atoms. The number of rotatable bonds is 30. The first-order chi connectivity index (χ1) is 26.5. The Balaban J connectivity index is 1.90. The molecule has 15 heteroatoms. The Morgan fingerprint density at radius 2 is 1.05 bits per heavy atom. The minimum Gasteiger partial charge on any atom is -0.462 e. The molecule has 0 aromatic heterocycles. The molecular formula is C40H72O15. The van der Waals surface area contributed by atoms with Gasteiger partial charge in [0.1, 0.15) is 55.4 Å². The van der Waals surface area contributed by atoms with Gasteiger partial charge < -0.3 is 64.2 Å². The van der Waals surface area contributed by atoms with Crippen LogP contribution in [0.4, 0.5) is 0 Å². The van der Waals surface area contributed by atoms with Crippen molar-refractivity contribution in [3.8, 4) is 0 Å². The van der Waals surface area contributed by atoms with Gasteiger partial charge in [0, 0.05) is 12.8 Å². The normalized spacial score (nSPS) is 29.0. The number of ether oxygens (including phenoxy) is 6. The van der Waals surface area contributed by atoms with Crippen LogP contribution in [0.3, 0.4) is 0 Å². The molecule has 2 fully saturated rings. The van der Waals surface area contributed by atoms with Crippen LogP contribution in [-0.2, 0) is 38.0 Å². The van der Waals surface area contributed by atoms with Gasteiger partial charge in [0.05, 0.1) is 19.8 Å². The highest BCUT2D eigenvalue weighted by Crippen LogP contribution is 2.26. The molecule has 11 atom stereocenters. The summed E-state index contributed by atoms with van der Waals surface area (Å²) in [5.74, 6) is -0.942. The molecule has 11 unspecified atom stereocenters. The first kappa shape index (κ1) is 49.4. The van der Waals surface area contributed by atoms with Gasteiger partial charge in [0.2, 0.25) is 0 Å². The van der Waals surface area contributed by atoms with E-state index in [1.807, 2.05) is 0 Å². The first-order valence-electron chi connectivity index (χ1n) is 20.8. The highest BCUT2D eigenvalue weighted by molar-refractivity contribution is 5.70. The quantitative estimate of drug-likeness (QED) is 0.0315. The van der Waals surface area contributed by atoms with Crippen LogP contribution in [0.5, 0.6) is 0 Å². The molecule has 322 valence electrons. The molecule has 0 bridgehead atoms. The van der Waals surface area contributed by atoms with Crippen molar-refractivity contribution in [2.24, 2.45) is 0 Å². The number of allylic oxidation sites excluding steroid dienone is 2. The van der Waals surface area contributed by atoms with E-state index < -0.39 is 92.7 Å². The average Bonchev–Trinajstić information content (AvgIpc) is 3.18. The monoisotopic (exact) mass is 792 g/mol. The van der Waals surface area contributed by atoms with Crippen molar-refractivity contribution in [2.45, 2.75) is 203 Å². The van der Waals surface area contributed by atoms with E-state index >= 15 is 0 Å². The fourth-order valence-electron chi connectivity index (χ4n) is 6.43. The van der Waals surface area contributed by atoms with Crippen molar-refractivity contribution in [3.63, 3.8) is 0 Å². The van der Waals surface area contributed by atoms with Gasteiger partial charge in [-0.25, -0.2) is 0 Å². The number of hydrogen-bond acceptors (Lipinski definition) is 15. The number of esters is 2. The summed E-state index contributed by atoms with van der Waals surface area (Å²) >= 11 is 0. The predicted molar refractivity (Wildman–Crippen MR) is 201 cm³/mol. The van der Waals surface area contributed by atoms with Gasteiger partial charge in [-0.3, -0.25) is 9.59 Å². The molecule has 0 saturated carbocycles. The molecule has 15 nitrogen and oxygen atoms in total. The van der Waals surface area contributed by atoms with Gasteiger partial charge in [-0.1, -0.05) is 103 Å². The SMILES string of the molecule is CCCC/C=C\CCCCCCCC(=O)OC(COC(=O)CCCCCCCCCC)COC1OC(COC2OC(CO)C(O)C(O)C2O)C(O)C(O)C1O. The van der Waals surface area contributed by atoms with Crippen molar-refractivity contribution in [3.05, 3.63) is 12.2 Å². The molecule has 0 radical (unpaired) electrons. The Morgan fingerprint density at radius 1 is 0.564 bits per heavy atom. The molecule has 0 aromatic carbocycles. The summed E-state index contributed by atoms with van der Waals surface area (Å²) in [7, 11) is 0. The molecule has 2 aliphatic heterocycles. The summed E-state index contributed by atoms with van der Waals surface area (Å²) < 4.78 is 33.3. The Bertz CT molecular complexity index is 1030. The lowest BCUT2D eigenvalue weighted by Gasteiger charge is -2.42. The zero-order chi connectivity index (χ0) is 40.4. The molecule has 2 heterocycles. The van der Waals surface area contributed by atoms with Crippen LogP contribution in [0.1, 0.15) is 136 Å². The second kappa shape index (κ2) is 29.5. The van der Waals surface area contributed by atoms with E-state index in [0.29, 0.717) is 12.8 Å². The number of hydrogen-bond donors (Lipinski definition) is 7. The lowest BCUT2D eigenvalue weighted by molar-refractivity contribution is -0.332. The molecule has 0 amide bonds. The average molecular weight is 793 g/mol. The topological polar surface area (TPSA) is 231 Å². The van der Waals surface area contributed by atoms with E-state index in [4.69, 9.17) is 28.4 Å². The highest BCUT2D eigenvalue weighted by Gasteiger charge is 2.47. The third-order valence-electron chi connectivity index (χ3n) is 9.99. The van der Waals surface area contributed by atoms with Crippen LogP contribution in [-0.4, -0.2) is 142 Å². The summed E-state index contributed by atoms with van der Waals surface area (Å²) in [6.07, 6.45) is 5.75. The van der Waals surface area contributed by atoms with Gasteiger partial charge in [-0.15, -0.1) is 0 Å². The summed E-state index contributed by atoms with van der Waals surface area (Å²) in [4.78, 5) is 25.4. The van der Waals surface area contributed by atoms with E-state index in [-0.39, 0.29) is 26.1 Å². The van der Waals surface area contributed by atoms with Crippen molar-refractivity contribution < 1.29 is 73.8 Å². The van der Waals surface area contributed by atoms with Crippen molar-refractivity contribution in [2.75, 3.05) is 26.4 Å². The van der Waals surface area contributed by atoms with Crippen molar-refractivity contribution in [1.82, 2.24) is 0 Å². The first-order valence-corrected chi connectivity index (χ1v) is 20.8. The Kier molecular flexibility index (Phi) is 26.4. The Labute approximate surface area is 327 Å². The summed E-state index contributed by atoms with van der Waals surface area (Å²) in [5.41, 5.74) is 0. The number of carbonyl (C=O) groups excluding carboxylic acids is 2. The van der Waals surface area contributed by atoms with Crippen molar-refractivity contribution >= 4 is 11.9 Å². The van der Waals surface area contributed by atoms with Gasteiger partial charge in [-0.05, 0) is 32.1 Å². The maximum Gasteiger partial charge on any atom is 0.306 e. The van der Waals surface area contributed by atoms with Gasteiger partial charge >= 0.3 is 11.9 Å². The van der Waals surface area contributed by atoms with Crippen molar-refractivity contribution in [1.29, 1.82) is 0 Å². The van der Waals surface area contributed by atoms with Crippen LogP contribution in [0.25, 0.3) is 0 Å². The number of aliphatic hydroxyl groups excluding tert-OH is 7. The third kappa shape index (κ3) is 19.5. The second-order valence-corrected chi connectivity index (χ2v) is 14.8. The standard InChI is InChI=1S/C40H72O15/c1-3-5-7-9-11-13-14-15-17-19-21-23-32(43)53-28(25-50-31(42)22-20-18-16-12-10-8-6-4-2)26-51-39-38(49)36(47)34(45)30(55-39)27-52-40-37(48)35(46)33(44)29(24-41)54-40/h9,11,28-30,33-41,44-49H,3-8,10,12-27H2,1-2H3/b11-9-. The van der Waals surface area contributed by atoms with E-state index in [0.717, 1.165) is 57.8 Å². The number of unbranched alkanes of at least 4 members (excludes halogenated alkanes) is 14. The van der Waals surface area contributed by atoms with Crippen LogP contribution < -0.4 is 0 Å². The largest absolute Gasteiger partial charge is 0.462 e. The molecule has 0 spiro atoms. The molecule has 0 aliphatic carbocycles. The van der Waals surface area contributed by atoms with Crippen LogP contribution in [0, 0.1) is 0 Å². The van der Waals surface area contributed by atoms with Crippen LogP contribution >= 0.6 is 0 Å². The maximum absolute atomic E-state index is 12.8. The Hall–Kier alpha value is -1.76. The molecule has 2 rings (SSSR count). The third-order valence-corrected chi connectivity index (χ3v) is 9.99. The summed E-state index contributed by atoms with van der Waals surface area (Å²) in [6.45, 7) is 2.47. The van der Waals surface area contributed by atoms with Gasteiger partial charge in [0.15, 0.2) is 18.7 Å². The van der Waals surface area contributed by atoms with E-state index in [1.165, 1.54) is 38.5 Å². The fraction of sp³-hybridized carbons (Fsp3) is 0.900.